The van der Waals surface area contributed by atoms with Crippen LogP contribution in [0.1, 0.15) is 10.5 Å². The zero-order valence-electron chi connectivity index (χ0n) is 8.28. The van der Waals surface area contributed by atoms with Crippen molar-refractivity contribution in [3.63, 3.8) is 0 Å². The third-order valence-corrected chi connectivity index (χ3v) is 2.43. The first-order valence-corrected chi connectivity index (χ1v) is 5.24. The molecule has 0 saturated carbocycles. The summed E-state index contributed by atoms with van der Waals surface area (Å²) in [5.41, 5.74) is 4.86. The SMILES string of the molecule is Nc1cc(NC(=O)c2csnn2)c(F)cc1F. The molecule has 1 aromatic carbocycles. The summed E-state index contributed by atoms with van der Waals surface area (Å²) in [5, 5.41) is 7.14. The Kier molecular flexibility index (Phi) is 2.96. The average molecular weight is 256 g/mol. The van der Waals surface area contributed by atoms with Crippen LogP contribution in [0, 0.1) is 11.6 Å². The quantitative estimate of drug-likeness (QED) is 0.800. The third kappa shape index (κ3) is 2.36. The maximum Gasteiger partial charge on any atom is 0.277 e. The van der Waals surface area contributed by atoms with Crippen LogP contribution in [-0.4, -0.2) is 15.5 Å². The zero-order valence-corrected chi connectivity index (χ0v) is 9.09. The normalized spacial score (nSPS) is 10.2. The highest BCUT2D eigenvalue weighted by atomic mass is 32.1. The van der Waals surface area contributed by atoms with Crippen molar-refractivity contribution in [2.24, 2.45) is 0 Å². The fourth-order valence-corrected chi connectivity index (χ4v) is 1.55. The van der Waals surface area contributed by atoms with Crippen molar-refractivity contribution >= 4 is 28.8 Å². The second kappa shape index (κ2) is 4.42. The van der Waals surface area contributed by atoms with E-state index >= 15 is 0 Å². The number of nitrogens with zero attached hydrogens (tertiary/aromatic N) is 2. The summed E-state index contributed by atoms with van der Waals surface area (Å²) in [6.07, 6.45) is 0. The first kappa shape index (κ1) is 11.4. The molecule has 0 aliphatic heterocycles. The van der Waals surface area contributed by atoms with Crippen molar-refractivity contribution in [1.29, 1.82) is 0 Å². The van der Waals surface area contributed by atoms with Crippen LogP contribution in [0.25, 0.3) is 0 Å². The molecule has 88 valence electrons. The van der Waals surface area contributed by atoms with E-state index in [0.29, 0.717) is 6.07 Å². The first-order chi connectivity index (χ1) is 8.08. The molecule has 0 aliphatic rings. The van der Waals surface area contributed by atoms with Gasteiger partial charge in [0.2, 0.25) is 0 Å². The molecular formula is C9H6F2N4OS. The number of aromatic nitrogens is 2. The molecule has 1 heterocycles. The van der Waals surface area contributed by atoms with Gasteiger partial charge in [-0.1, -0.05) is 4.49 Å². The minimum Gasteiger partial charge on any atom is -0.396 e. The van der Waals surface area contributed by atoms with Crippen LogP contribution in [0.5, 0.6) is 0 Å². The number of benzene rings is 1. The molecule has 2 aromatic rings. The van der Waals surface area contributed by atoms with E-state index in [1.165, 1.54) is 5.38 Å². The number of halogens is 2. The monoisotopic (exact) mass is 256 g/mol. The highest BCUT2D eigenvalue weighted by Crippen LogP contribution is 2.21. The third-order valence-electron chi connectivity index (χ3n) is 1.93. The van der Waals surface area contributed by atoms with Crippen molar-refractivity contribution in [2.75, 3.05) is 11.1 Å². The van der Waals surface area contributed by atoms with Gasteiger partial charge in [-0.25, -0.2) is 8.78 Å². The summed E-state index contributed by atoms with van der Waals surface area (Å²) in [6.45, 7) is 0. The number of rotatable bonds is 2. The Balaban J connectivity index is 2.25. The summed E-state index contributed by atoms with van der Waals surface area (Å²) in [5.74, 6) is -2.42. The van der Waals surface area contributed by atoms with E-state index in [0.717, 1.165) is 17.6 Å². The number of anilines is 2. The molecule has 5 nitrogen and oxygen atoms in total. The Morgan fingerprint density at radius 1 is 1.35 bits per heavy atom. The van der Waals surface area contributed by atoms with Crippen molar-refractivity contribution in [2.45, 2.75) is 0 Å². The highest BCUT2D eigenvalue weighted by Gasteiger charge is 2.13. The standard InChI is InChI=1S/C9H6F2N4OS/c10-4-1-5(11)7(2-6(4)12)13-9(16)8-3-17-15-14-8/h1-3H,12H2,(H,13,16). The lowest BCUT2D eigenvalue weighted by molar-refractivity contribution is 0.102. The van der Waals surface area contributed by atoms with Gasteiger partial charge in [0.15, 0.2) is 5.69 Å². The fraction of sp³-hybridized carbons (Fsp3) is 0. The van der Waals surface area contributed by atoms with Crippen LogP contribution in [0.15, 0.2) is 17.5 Å². The minimum atomic E-state index is -0.909. The molecule has 17 heavy (non-hydrogen) atoms. The predicted molar refractivity (Wildman–Crippen MR) is 58.6 cm³/mol. The number of hydrogen-bond acceptors (Lipinski definition) is 5. The maximum absolute atomic E-state index is 13.3. The van der Waals surface area contributed by atoms with Crippen LogP contribution in [0.2, 0.25) is 0 Å². The molecule has 0 atom stereocenters. The van der Waals surface area contributed by atoms with Gasteiger partial charge in [0.05, 0.1) is 11.4 Å². The summed E-state index contributed by atoms with van der Waals surface area (Å²) in [6, 6.07) is 1.60. The topological polar surface area (TPSA) is 80.9 Å². The van der Waals surface area contributed by atoms with Gasteiger partial charge in [-0.15, -0.1) is 5.10 Å². The van der Waals surface area contributed by atoms with E-state index in [2.05, 4.69) is 14.9 Å². The second-order valence-corrected chi connectivity index (χ2v) is 3.71. The van der Waals surface area contributed by atoms with Crippen LogP contribution in [-0.2, 0) is 0 Å². The zero-order chi connectivity index (χ0) is 12.4. The van der Waals surface area contributed by atoms with Crippen LogP contribution in [0.3, 0.4) is 0 Å². The molecule has 0 radical (unpaired) electrons. The summed E-state index contributed by atoms with van der Waals surface area (Å²) >= 11 is 0.988. The molecule has 0 saturated heterocycles. The van der Waals surface area contributed by atoms with E-state index in [9.17, 15) is 13.6 Å². The molecule has 2 rings (SSSR count). The highest BCUT2D eigenvalue weighted by molar-refractivity contribution is 7.03. The Morgan fingerprint density at radius 3 is 2.76 bits per heavy atom. The van der Waals surface area contributed by atoms with Gasteiger partial charge < -0.3 is 11.1 Å². The Labute approximate surface area is 98.4 Å². The van der Waals surface area contributed by atoms with E-state index in [4.69, 9.17) is 5.73 Å². The van der Waals surface area contributed by atoms with Gasteiger partial charge in [-0.2, -0.15) is 0 Å². The number of nitrogens with two attached hydrogens (primary N) is 1. The molecule has 0 bridgehead atoms. The molecule has 8 heteroatoms. The van der Waals surface area contributed by atoms with Crippen molar-refractivity contribution in [1.82, 2.24) is 9.59 Å². The number of hydrogen-bond donors (Lipinski definition) is 2. The molecule has 0 aliphatic carbocycles. The number of nitrogen functional groups attached to an aromatic ring is 1. The van der Waals surface area contributed by atoms with Gasteiger partial charge in [0, 0.05) is 11.4 Å². The first-order valence-electron chi connectivity index (χ1n) is 4.41. The summed E-state index contributed by atoms with van der Waals surface area (Å²) in [4.78, 5) is 11.5. The van der Waals surface area contributed by atoms with Crippen molar-refractivity contribution in [3.8, 4) is 0 Å². The van der Waals surface area contributed by atoms with Crippen LogP contribution >= 0.6 is 11.5 Å². The molecule has 0 fully saturated rings. The van der Waals surface area contributed by atoms with E-state index < -0.39 is 17.5 Å². The number of nitrogens with one attached hydrogen (secondary N) is 1. The Morgan fingerprint density at radius 2 is 2.12 bits per heavy atom. The Hall–Kier alpha value is -2.09. The van der Waals surface area contributed by atoms with Crippen molar-refractivity contribution < 1.29 is 13.6 Å². The average Bonchev–Trinajstić information content (AvgIpc) is 2.79. The molecule has 0 spiro atoms. The predicted octanol–water partition coefficient (Wildman–Crippen LogP) is 1.65. The summed E-state index contributed by atoms with van der Waals surface area (Å²) < 4.78 is 29.7. The largest absolute Gasteiger partial charge is 0.396 e. The second-order valence-electron chi connectivity index (χ2n) is 3.10. The fourth-order valence-electron chi connectivity index (χ4n) is 1.11. The lowest BCUT2D eigenvalue weighted by Crippen LogP contribution is -2.14. The van der Waals surface area contributed by atoms with Gasteiger partial charge in [0.25, 0.3) is 5.91 Å². The molecule has 3 N–H and O–H groups in total. The lowest BCUT2D eigenvalue weighted by atomic mass is 10.2. The minimum absolute atomic E-state index is 0.0531. The Bertz CT molecular complexity index is 558. The van der Waals surface area contributed by atoms with Crippen LogP contribution in [0.4, 0.5) is 20.2 Å². The number of carbonyl (C=O) groups is 1. The van der Waals surface area contributed by atoms with Crippen molar-refractivity contribution in [3.05, 3.63) is 34.8 Å². The summed E-state index contributed by atoms with van der Waals surface area (Å²) in [7, 11) is 0. The van der Waals surface area contributed by atoms with E-state index in [1.807, 2.05) is 0 Å². The van der Waals surface area contributed by atoms with Gasteiger partial charge in [-0.3, -0.25) is 4.79 Å². The van der Waals surface area contributed by atoms with Gasteiger partial charge >= 0.3 is 0 Å². The van der Waals surface area contributed by atoms with Gasteiger partial charge in [-0.05, 0) is 17.6 Å². The number of carbonyl (C=O) groups excluding carboxylic acids is 1. The molecule has 1 amide bonds. The smallest absolute Gasteiger partial charge is 0.277 e. The maximum atomic E-state index is 13.3. The lowest BCUT2D eigenvalue weighted by Gasteiger charge is -2.06. The number of amides is 1. The molecule has 0 unspecified atom stereocenters. The molecule has 1 aromatic heterocycles. The van der Waals surface area contributed by atoms with Crippen LogP contribution < -0.4 is 11.1 Å². The molecular weight excluding hydrogens is 250 g/mol. The van der Waals surface area contributed by atoms with E-state index in [-0.39, 0.29) is 17.1 Å². The van der Waals surface area contributed by atoms with Gasteiger partial charge in [0.1, 0.15) is 11.6 Å². The van der Waals surface area contributed by atoms with E-state index in [1.54, 1.807) is 0 Å².